The number of hydrogen-bond donors (Lipinski definition) is 37. The van der Waals surface area contributed by atoms with Crippen molar-refractivity contribution in [2.45, 2.75) is 403 Å². The number of aliphatic hydroxyl groups is 33. The van der Waals surface area contributed by atoms with E-state index in [1.165, 1.54) is 6.92 Å². The Morgan fingerprint density at radius 2 is 0.431 bits per heavy atom. The summed E-state index contributed by atoms with van der Waals surface area (Å²) in [4.78, 5) is 52.8. The molecule has 12 rings (SSSR count). The van der Waals surface area contributed by atoms with E-state index in [2.05, 4.69) is 21.3 Å². The number of carbonyl (C=O) groups excluding carboxylic acids is 4. The minimum atomic E-state index is -2.74. The molecule has 64 heteroatoms. The van der Waals surface area contributed by atoms with E-state index >= 15 is 0 Å². The summed E-state index contributed by atoms with van der Waals surface area (Å²) in [5.41, 5.74) is 0. The summed E-state index contributed by atoms with van der Waals surface area (Å²) < 4.78 is 137. The molecule has 37 N–H and O–H groups in total. The van der Waals surface area contributed by atoms with Gasteiger partial charge in [0, 0.05) is 27.7 Å². The fourth-order valence-electron chi connectivity index (χ4n) is 18.7. The van der Waals surface area contributed by atoms with Crippen LogP contribution in [0.15, 0.2) is 0 Å². The van der Waals surface area contributed by atoms with Crippen LogP contribution in [0.2, 0.25) is 0 Å². The van der Waals surface area contributed by atoms with Gasteiger partial charge in [-0.05, 0) is 6.92 Å². The summed E-state index contributed by atoms with van der Waals surface area (Å²) in [7, 11) is 0. The fraction of sp³-hybridized carbons (Fsp3) is 0.950. The van der Waals surface area contributed by atoms with E-state index in [0.29, 0.717) is 0 Å². The van der Waals surface area contributed by atoms with Crippen molar-refractivity contribution in [1.82, 2.24) is 21.3 Å². The molecule has 0 aromatic carbocycles. The highest BCUT2D eigenvalue weighted by atomic mass is 16.8. The number of amides is 4. The summed E-state index contributed by atoms with van der Waals surface area (Å²) in [6.45, 7) is -7.81. The molecule has 144 heavy (non-hydrogen) atoms. The van der Waals surface area contributed by atoms with Gasteiger partial charge in [-0.15, -0.1) is 0 Å². The van der Waals surface area contributed by atoms with Crippen molar-refractivity contribution >= 4 is 23.6 Å². The average Bonchev–Trinajstić information content (AvgIpc) is 0.532. The molecule has 0 aromatic heterocycles. The second kappa shape index (κ2) is 51.6. The lowest BCUT2D eigenvalue weighted by atomic mass is 9.94. The summed E-state index contributed by atoms with van der Waals surface area (Å²) in [5.74, 6) is -4.05. The molecule has 12 fully saturated rings. The van der Waals surface area contributed by atoms with Crippen molar-refractivity contribution in [2.24, 2.45) is 0 Å². The Morgan fingerprint density at radius 3 is 0.799 bits per heavy atom. The van der Waals surface area contributed by atoms with Crippen LogP contribution in [0.4, 0.5) is 0 Å². The minimum Gasteiger partial charge on any atom is -0.394 e. The van der Waals surface area contributed by atoms with Gasteiger partial charge in [-0.2, -0.15) is 0 Å². The maximum Gasteiger partial charge on any atom is 0.217 e. The standard InChI is InChI=1S/C80H134N4O60/c1-17-37(97)48(108)56(116)74(125-17)123-16-32-65(54(114)55(115)69(121)126-32)137-71-34(82-19(3)94)45(105)64(29(13-92)132-71)141-78-60(120)66(142-80-68(52(112)41(101)25(9-88)130-80)144-73-36(84-21(5)96)47(107)63(28(12-91)134-73)140-77-59(119)51(111)40(100)24(8-87)129-77)43(103)31(135-78)15-124-79-67(143-72-35(83-20(4)95)46(106)62(27(11-90)133-72)139-76-58(118)50(110)39(99)23(7-86)128-76)53(113)42(102)30(136-79)14-122-70-33(81-18(2)93)44(104)61(26(10-89)131-70)138-75-57(117)49(109)38(98)22(6-85)127-75/h17,22-80,85-92,97-121H,6-16H2,1-5H3,(H,81,93)(H,82,94)(H,83,95)(H,84,96)/t17-,22+,23+,24+,25+,26+,27+,28+,29+,30+,31+,32+,33+,34+,35+,36+,37+,38-,39-,40-,41+,42+,43+,44+,45+,46+,47+,48+,49-,50-,51-,52-,53-,54+,55+,56-,57+,58+,59+,60-,61+,62+,63+,64+,65+,66-,67-,68-,69?,70+,71-,72-,73-,74+,75-,76-,77-,78-,79-,80+/m0/s1. The van der Waals surface area contributed by atoms with Gasteiger partial charge in [-0.25, -0.2) is 0 Å². The molecule has 12 aliphatic heterocycles. The monoisotopic (exact) mass is 2110 g/mol. The molecule has 4 amide bonds. The van der Waals surface area contributed by atoms with E-state index < -0.39 is 465 Å². The third-order valence-corrected chi connectivity index (χ3v) is 26.6. The van der Waals surface area contributed by atoms with Gasteiger partial charge in [0.2, 0.25) is 23.6 Å². The van der Waals surface area contributed by atoms with Crippen molar-refractivity contribution in [3.63, 3.8) is 0 Å². The van der Waals surface area contributed by atoms with Crippen LogP contribution < -0.4 is 21.3 Å². The number of aliphatic hydroxyl groups excluding tert-OH is 33. The highest BCUT2D eigenvalue weighted by Gasteiger charge is 2.63. The number of carbonyl (C=O) groups is 4. The van der Waals surface area contributed by atoms with Gasteiger partial charge >= 0.3 is 0 Å². The molecule has 0 aliphatic carbocycles. The molecule has 12 aliphatic rings. The molecule has 60 atom stereocenters. The van der Waals surface area contributed by atoms with Crippen LogP contribution in [0.5, 0.6) is 0 Å². The van der Waals surface area contributed by atoms with E-state index in [1.807, 2.05) is 0 Å². The predicted octanol–water partition coefficient (Wildman–Crippen LogP) is -25.6. The zero-order valence-corrected chi connectivity index (χ0v) is 77.2. The van der Waals surface area contributed by atoms with Gasteiger partial charge < -0.3 is 299 Å². The van der Waals surface area contributed by atoms with Gasteiger partial charge in [0.1, 0.15) is 287 Å². The molecule has 1 unspecified atom stereocenters. The van der Waals surface area contributed by atoms with E-state index in [4.69, 9.17) is 109 Å². The van der Waals surface area contributed by atoms with Crippen LogP contribution in [0.3, 0.4) is 0 Å². The predicted molar refractivity (Wildman–Crippen MR) is 440 cm³/mol. The van der Waals surface area contributed by atoms with Gasteiger partial charge in [0.25, 0.3) is 0 Å². The van der Waals surface area contributed by atoms with Crippen LogP contribution in [0.1, 0.15) is 34.6 Å². The smallest absolute Gasteiger partial charge is 0.217 e. The fourth-order valence-corrected chi connectivity index (χ4v) is 18.7. The topological polar surface area (TPSA) is 996 Å². The van der Waals surface area contributed by atoms with Crippen molar-refractivity contribution in [3.05, 3.63) is 0 Å². The molecule has 0 spiro atoms. The van der Waals surface area contributed by atoms with Gasteiger partial charge in [0.05, 0.1) is 78.8 Å². The number of nitrogens with one attached hydrogen (secondary N) is 4. The van der Waals surface area contributed by atoms with Crippen LogP contribution in [-0.4, -0.2) is 633 Å². The maximum atomic E-state index is 13.4. The average molecular weight is 2110 g/mol. The zero-order valence-electron chi connectivity index (χ0n) is 77.2. The summed E-state index contributed by atoms with van der Waals surface area (Å²) in [6, 6.07) is -8.11. The third kappa shape index (κ3) is 26.0. The molecule has 834 valence electrons. The second-order valence-corrected chi connectivity index (χ2v) is 36.6. The summed E-state index contributed by atoms with van der Waals surface area (Å²) in [5, 5.41) is 380. The Balaban J connectivity index is 0.905. The summed E-state index contributed by atoms with van der Waals surface area (Å²) in [6.07, 6.45) is -120. The van der Waals surface area contributed by atoms with Crippen LogP contribution in [0, 0.1) is 0 Å². The SMILES string of the molecule is CC(=O)N[C@H]1[C@H](O[C@H]2[C@H](O)[C@@H](O)C(O)O[C@@H]2CO[C@@H]2O[C@@H](C)[C@@H](O)[C@@H](O)[C@@H]2O)O[C@H](CO)[C@@H](O[C@@H]2O[C@H](CO[C@H]3O[C@H](CO[C@@H]4O[C@H](CO)[C@@H](O[C@@H]5O[C@H](CO)[C@H](O)[C@H](O)[C@H]5O)[C@H](O)[C@H]4NC(C)=O)[C@@H](O)[C@H](O)[C@@H]3O[C@@H]3O[C@H](CO)[C@@H](O[C@@H]4O[C@H](CO)[C@H](O)[C@H](O)[C@H]4O)[C@H](O)[C@H]3NC(C)=O)[C@@H](O)[C@H](O[C@H]3O[C@H](CO)[C@@H](O)[C@H](O)[C@@H]3O[C@@H]3O[C@H](CO)[C@@H](O[C@@H]4O[C@H](CO)[C@H](O)[C@H](O)[C@H]4O)[C@H](O)[C@H]3NC(C)=O)[C@@H]2O)[C@@H]1O. The Bertz CT molecular complexity index is 3970. The lowest BCUT2D eigenvalue weighted by molar-refractivity contribution is -0.400. The zero-order chi connectivity index (χ0) is 106. The van der Waals surface area contributed by atoms with E-state index in [-0.39, 0.29) is 0 Å². The lowest BCUT2D eigenvalue weighted by Crippen LogP contribution is -2.70. The van der Waals surface area contributed by atoms with Crippen LogP contribution >= 0.6 is 0 Å². The second-order valence-electron chi connectivity index (χ2n) is 36.6. The van der Waals surface area contributed by atoms with Crippen molar-refractivity contribution in [1.29, 1.82) is 0 Å². The lowest BCUT2D eigenvalue weighted by Gasteiger charge is -2.51. The largest absolute Gasteiger partial charge is 0.394 e. The summed E-state index contributed by atoms with van der Waals surface area (Å²) >= 11 is 0. The first-order valence-electron chi connectivity index (χ1n) is 46.0. The Morgan fingerprint density at radius 1 is 0.194 bits per heavy atom. The minimum absolute atomic E-state index is 0.880. The third-order valence-electron chi connectivity index (χ3n) is 26.6. The van der Waals surface area contributed by atoms with Crippen molar-refractivity contribution in [2.75, 3.05) is 72.7 Å². The van der Waals surface area contributed by atoms with Crippen molar-refractivity contribution in [3.8, 4) is 0 Å². The molecular weight excluding hydrogens is 1980 g/mol. The van der Waals surface area contributed by atoms with Crippen LogP contribution in [-0.2, 0) is 128 Å². The Labute approximate surface area is 814 Å². The molecule has 64 nitrogen and oxygen atoms in total. The van der Waals surface area contributed by atoms with Gasteiger partial charge in [-0.3, -0.25) is 19.2 Å². The molecular formula is C80H134N4O60. The Kier molecular flexibility index (Phi) is 42.4. The van der Waals surface area contributed by atoms with Gasteiger partial charge in [-0.1, -0.05) is 0 Å². The number of ether oxygens (including phenoxy) is 23. The molecule has 0 aromatic rings. The normalized spacial score (nSPS) is 50.4. The Hall–Kier alpha value is -4.36. The highest BCUT2D eigenvalue weighted by molar-refractivity contribution is 5.74. The van der Waals surface area contributed by atoms with E-state index in [1.54, 1.807) is 0 Å². The molecule has 0 saturated carbocycles. The highest BCUT2D eigenvalue weighted by Crippen LogP contribution is 2.42. The first-order chi connectivity index (χ1) is 68.1. The maximum absolute atomic E-state index is 13.4. The first kappa shape index (κ1) is 118. The quantitative estimate of drug-likeness (QED) is 0.0275. The molecule has 12 heterocycles. The number of rotatable bonds is 37. The molecule has 0 radical (unpaired) electrons. The van der Waals surface area contributed by atoms with Crippen LogP contribution in [0.25, 0.3) is 0 Å². The molecule has 12 saturated heterocycles. The van der Waals surface area contributed by atoms with Gasteiger partial charge in [0.15, 0.2) is 75.5 Å². The first-order valence-corrected chi connectivity index (χ1v) is 46.0. The van der Waals surface area contributed by atoms with E-state index in [0.717, 1.165) is 27.7 Å². The number of hydrogen-bond acceptors (Lipinski definition) is 60. The van der Waals surface area contributed by atoms with Crippen molar-refractivity contribution < 1.29 is 297 Å². The molecule has 0 bridgehead atoms. The van der Waals surface area contributed by atoms with E-state index in [9.17, 15) is 188 Å².